The van der Waals surface area contributed by atoms with Gasteiger partial charge in [-0.15, -0.1) is 0 Å². The van der Waals surface area contributed by atoms with Gasteiger partial charge in [0.25, 0.3) is 5.91 Å². The second-order valence-corrected chi connectivity index (χ2v) is 11.2. The summed E-state index contributed by atoms with van der Waals surface area (Å²) in [7, 11) is 1.66. The molecular formula is C29H36N4O3. The highest BCUT2D eigenvalue weighted by molar-refractivity contribution is 5.94. The highest BCUT2D eigenvalue weighted by Crippen LogP contribution is 2.51. The number of aromatic nitrogens is 1. The van der Waals surface area contributed by atoms with E-state index in [-0.39, 0.29) is 23.2 Å². The maximum Gasteiger partial charge on any atom is 0.254 e. The van der Waals surface area contributed by atoms with Crippen LogP contribution in [-0.4, -0.2) is 57.1 Å². The molecule has 0 radical (unpaired) electrons. The summed E-state index contributed by atoms with van der Waals surface area (Å²) < 4.78 is 5.50. The van der Waals surface area contributed by atoms with Gasteiger partial charge in [0.1, 0.15) is 22.9 Å². The number of hydrogen-bond acceptors (Lipinski definition) is 5. The molecule has 2 atom stereocenters. The molecule has 3 heterocycles. The molecule has 2 aromatic carbocycles. The van der Waals surface area contributed by atoms with Crippen LogP contribution in [0.1, 0.15) is 57.0 Å². The lowest BCUT2D eigenvalue weighted by Crippen LogP contribution is -2.52. The van der Waals surface area contributed by atoms with Gasteiger partial charge in [-0.05, 0) is 82.1 Å². The Morgan fingerprint density at radius 2 is 2.03 bits per heavy atom. The molecule has 1 saturated heterocycles. The summed E-state index contributed by atoms with van der Waals surface area (Å²) in [4.78, 5) is 21.6. The number of carbonyl (C=O) groups is 1. The first kappa shape index (κ1) is 24.3. The number of fused-ring (bicyclic) bond motifs is 4. The fourth-order valence-electron chi connectivity index (χ4n) is 5.73. The van der Waals surface area contributed by atoms with Crippen molar-refractivity contribution in [1.82, 2.24) is 20.1 Å². The minimum atomic E-state index is -0.796. The monoisotopic (exact) mass is 488 g/mol. The third-order valence-electron chi connectivity index (χ3n) is 7.43. The summed E-state index contributed by atoms with van der Waals surface area (Å²) in [5.41, 5.74) is 3.26. The Balaban J connectivity index is 1.59. The van der Waals surface area contributed by atoms with Gasteiger partial charge in [0, 0.05) is 35.1 Å². The molecule has 36 heavy (non-hydrogen) atoms. The number of nitrogens with zero attached hydrogens (tertiary/aromatic N) is 2. The van der Waals surface area contributed by atoms with Crippen LogP contribution in [0, 0.1) is 0 Å². The van der Waals surface area contributed by atoms with E-state index in [2.05, 4.69) is 42.6 Å². The predicted molar refractivity (Wildman–Crippen MR) is 142 cm³/mol. The molecule has 190 valence electrons. The second kappa shape index (κ2) is 8.59. The van der Waals surface area contributed by atoms with Gasteiger partial charge >= 0.3 is 0 Å². The molecule has 7 heteroatoms. The van der Waals surface area contributed by atoms with Crippen LogP contribution in [0.15, 0.2) is 54.9 Å². The van der Waals surface area contributed by atoms with Crippen LogP contribution in [-0.2, 0) is 11.2 Å². The van der Waals surface area contributed by atoms with Gasteiger partial charge in [0.15, 0.2) is 0 Å². The van der Waals surface area contributed by atoms with Crippen molar-refractivity contribution in [1.29, 1.82) is 0 Å². The largest absolute Gasteiger partial charge is 0.508 e. The number of amides is 1. The Labute approximate surface area is 212 Å². The topological polar surface area (TPSA) is 80.8 Å². The van der Waals surface area contributed by atoms with Gasteiger partial charge in [-0.2, -0.15) is 0 Å². The minimum Gasteiger partial charge on any atom is -0.508 e. The molecule has 5 rings (SSSR count). The zero-order valence-corrected chi connectivity index (χ0v) is 21.8. The van der Waals surface area contributed by atoms with Crippen LogP contribution in [0.2, 0.25) is 0 Å². The van der Waals surface area contributed by atoms with Gasteiger partial charge in [0.2, 0.25) is 0 Å². The van der Waals surface area contributed by atoms with Gasteiger partial charge in [0.05, 0.1) is 13.2 Å². The van der Waals surface area contributed by atoms with E-state index in [1.165, 1.54) is 0 Å². The average Bonchev–Trinajstić information content (AvgIpc) is 3.26. The second-order valence-electron chi connectivity index (χ2n) is 11.2. The van der Waals surface area contributed by atoms with Gasteiger partial charge in [-0.1, -0.05) is 18.7 Å². The van der Waals surface area contributed by atoms with E-state index in [1.54, 1.807) is 19.2 Å². The minimum absolute atomic E-state index is 0.0285. The van der Waals surface area contributed by atoms with E-state index in [4.69, 9.17) is 4.74 Å². The SMILES string of the molecule is C=C1N(CCCNC(C)(C)C)C(=O)[C@]2(C)Cc3c([nH]c4ccc(OC)cc34)[C@@H](c3cccc(O)c3)N12. The average molecular weight is 489 g/mol. The molecule has 0 aliphatic carbocycles. The molecular weight excluding hydrogens is 452 g/mol. The summed E-state index contributed by atoms with van der Waals surface area (Å²) in [6.07, 6.45) is 1.38. The van der Waals surface area contributed by atoms with Crippen molar-refractivity contribution in [2.24, 2.45) is 0 Å². The molecule has 3 aromatic rings. The van der Waals surface area contributed by atoms with Crippen molar-refractivity contribution in [2.75, 3.05) is 20.2 Å². The van der Waals surface area contributed by atoms with Crippen molar-refractivity contribution in [3.8, 4) is 11.5 Å². The molecule has 0 bridgehead atoms. The van der Waals surface area contributed by atoms with Crippen molar-refractivity contribution < 1.29 is 14.6 Å². The van der Waals surface area contributed by atoms with Crippen LogP contribution in [0.5, 0.6) is 11.5 Å². The number of carbonyl (C=O) groups excluding carboxylic acids is 1. The Kier molecular flexibility index (Phi) is 5.79. The number of nitrogens with one attached hydrogen (secondary N) is 2. The van der Waals surface area contributed by atoms with E-state index in [1.807, 2.05) is 42.2 Å². The maximum atomic E-state index is 14.0. The molecule has 0 spiro atoms. The van der Waals surface area contributed by atoms with Crippen LogP contribution in [0.4, 0.5) is 0 Å². The zero-order valence-electron chi connectivity index (χ0n) is 21.8. The Morgan fingerprint density at radius 3 is 2.72 bits per heavy atom. The van der Waals surface area contributed by atoms with E-state index in [9.17, 15) is 9.90 Å². The van der Waals surface area contributed by atoms with Crippen LogP contribution >= 0.6 is 0 Å². The van der Waals surface area contributed by atoms with E-state index < -0.39 is 5.54 Å². The summed E-state index contributed by atoms with van der Waals surface area (Å²) in [6, 6.07) is 13.0. The highest BCUT2D eigenvalue weighted by Gasteiger charge is 2.57. The normalized spacial score (nSPS) is 21.8. The summed E-state index contributed by atoms with van der Waals surface area (Å²) in [5, 5.41) is 14.9. The first-order chi connectivity index (χ1) is 17.0. The molecule has 7 nitrogen and oxygen atoms in total. The molecule has 2 aliphatic rings. The first-order valence-electron chi connectivity index (χ1n) is 12.6. The molecule has 1 fully saturated rings. The van der Waals surface area contributed by atoms with E-state index in [0.717, 1.165) is 46.4 Å². The number of methoxy groups -OCH3 is 1. The van der Waals surface area contributed by atoms with Crippen LogP contribution < -0.4 is 10.1 Å². The van der Waals surface area contributed by atoms with E-state index >= 15 is 0 Å². The number of phenols is 1. The number of H-pyrrole nitrogens is 1. The van der Waals surface area contributed by atoms with Gasteiger partial charge in [-0.25, -0.2) is 0 Å². The number of rotatable bonds is 6. The third-order valence-corrected chi connectivity index (χ3v) is 7.43. The number of aromatic hydroxyl groups is 1. The highest BCUT2D eigenvalue weighted by atomic mass is 16.5. The number of phenolic OH excluding ortho intramolecular Hbond substituents is 1. The number of ether oxygens (including phenoxy) is 1. The molecule has 0 saturated carbocycles. The van der Waals surface area contributed by atoms with Crippen LogP contribution in [0.3, 0.4) is 0 Å². The standard InChI is InChI=1S/C29H36N4O3/c1-18-32(14-8-13-30-28(2,3)4)27(35)29(5)17-23-22-16-21(36-6)11-12-24(22)31-25(23)26(33(18)29)19-9-7-10-20(34)15-19/h7,9-12,15-16,26,30-31,34H,1,8,13-14,17H2,2-6H3/t26-,29+/m1/s1. The van der Waals surface area contributed by atoms with E-state index in [0.29, 0.717) is 18.8 Å². The van der Waals surface area contributed by atoms with Gasteiger partial charge < -0.3 is 25.0 Å². The predicted octanol–water partition coefficient (Wildman–Crippen LogP) is 4.68. The van der Waals surface area contributed by atoms with Crippen molar-refractivity contribution in [2.45, 2.75) is 57.7 Å². The number of hydrogen-bond donors (Lipinski definition) is 3. The molecule has 3 N–H and O–H groups in total. The van der Waals surface area contributed by atoms with Crippen molar-refractivity contribution in [3.63, 3.8) is 0 Å². The van der Waals surface area contributed by atoms with Gasteiger partial charge in [-0.3, -0.25) is 9.69 Å². The molecule has 1 aromatic heterocycles. The fourth-order valence-corrected chi connectivity index (χ4v) is 5.73. The third kappa shape index (κ3) is 3.91. The number of benzene rings is 2. The fraction of sp³-hybridized carbons (Fsp3) is 0.414. The van der Waals surface area contributed by atoms with Crippen molar-refractivity contribution >= 4 is 16.8 Å². The molecule has 2 aliphatic heterocycles. The Hall–Kier alpha value is -3.45. The number of aromatic amines is 1. The lowest BCUT2D eigenvalue weighted by Gasteiger charge is -2.44. The smallest absolute Gasteiger partial charge is 0.254 e. The maximum absolute atomic E-state index is 14.0. The van der Waals surface area contributed by atoms with Crippen LogP contribution in [0.25, 0.3) is 10.9 Å². The zero-order chi connectivity index (χ0) is 25.8. The first-order valence-corrected chi connectivity index (χ1v) is 12.6. The summed E-state index contributed by atoms with van der Waals surface area (Å²) in [5.74, 6) is 1.74. The summed E-state index contributed by atoms with van der Waals surface area (Å²) >= 11 is 0. The Morgan fingerprint density at radius 1 is 1.25 bits per heavy atom. The lowest BCUT2D eigenvalue weighted by molar-refractivity contribution is -0.133. The summed E-state index contributed by atoms with van der Waals surface area (Å²) in [6.45, 7) is 14.3. The van der Waals surface area contributed by atoms with Crippen molar-refractivity contribution in [3.05, 3.63) is 71.7 Å². The quantitative estimate of drug-likeness (QED) is 0.439. The Bertz CT molecular complexity index is 1340. The lowest BCUT2D eigenvalue weighted by atomic mass is 9.81. The molecule has 0 unspecified atom stereocenters. The molecule has 1 amide bonds.